The molecule has 2 aromatic rings. The molecule has 32 heavy (non-hydrogen) atoms. The van der Waals surface area contributed by atoms with E-state index in [2.05, 4.69) is 0 Å². The Bertz CT molecular complexity index is 906. The van der Waals surface area contributed by atoms with Crippen molar-refractivity contribution in [2.24, 2.45) is 0 Å². The zero-order valence-corrected chi connectivity index (χ0v) is 19.7. The molecular weight excluding hydrogens is 422 g/mol. The number of piperidine rings is 1. The quantitative estimate of drug-likeness (QED) is 0.413. The molecule has 1 aliphatic heterocycles. The van der Waals surface area contributed by atoms with Crippen molar-refractivity contribution in [3.05, 3.63) is 69.9 Å². The Labute approximate surface area is 194 Å². The molecule has 3 rings (SSSR count). The monoisotopic (exact) mass is 455 g/mol. The minimum absolute atomic E-state index is 0.0292. The van der Waals surface area contributed by atoms with Gasteiger partial charge in [-0.1, -0.05) is 42.5 Å². The SMILES string of the molecule is CC(C)OC(=O)c1ccc(CCCN2C(=O)CCC[C@@H]2/C=C/[C@@H](O)Cc2ccccc2)s1. The molecule has 2 heterocycles. The van der Waals surface area contributed by atoms with E-state index in [1.54, 1.807) is 0 Å². The smallest absolute Gasteiger partial charge is 0.348 e. The fraction of sp³-hybridized carbons (Fsp3) is 0.462. The average molecular weight is 456 g/mol. The number of amides is 1. The molecule has 1 saturated heterocycles. The first-order chi connectivity index (χ1) is 15.4. The first kappa shape index (κ1) is 24.2. The van der Waals surface area contributed by atoms with Gasteiger partial charge in [-0.25, -0.2) is 4.79 Å². The van der Waals surface area contributed by atoms with Gasteiger partial charge in [0.05, 0.1) is 18.2 Å². The van der Waals surface area contributed by atoms with Crippen molar-refractivity contribution >= 4 is 23.2 Å². The minimum atomic E-state index is -0.564. The van der Waals surface area contributed by atoms with Crippen LogP contribution in [0.2, 0.25) is 0 Å². The Balaban J connectivity index is 1.51. The Hall–Kier alpha value is -2.44. The number of esters is 1. The predicted octanol–water partition coefficient (Wildman–Crippen LogP) is 4.79. The molecule has 1 aliphatic rings. The van der Waals surface area contributed by atoms with Crippen molar-refractivity contribution in [2.45, 2.75) is 70.6 Å². The summed E-state index contributed by atoms with van der Waals surface area (Å²) < 4.78 is 5.25. The van der Waals surface area contributed by atoms with E-state index in [4.69, 9.17) is 4.74 Å². The van der Waals surface area contributed by atoms with Gasteiger partial charge < -0.3 is 14.7 Å². The van der Waals surface area contributed by atoms with Crippen LogP contribution in [-0.4, -0.2) is 46.7 Å². The van der Waals surface area contributed by atoms with Crippen LogP contribution in [0.3, 0.4) is 0 Å². The summed E-state index contributed by atoms with van der Waals surface area (Å²) in [5, 5.41) is 10.4. The highest BCUT2D eigenvalue weighted by Crippen LogP contribution is 2.23. The Morgan fingerprint density at radius 2 is 2.03 bits per heavy atom. The first-order valence-corrected chi connectivity index (χ1v) is 12.2. The summed E-state index contributed by atoms with van der Waals surface area (Å²) in [7, 11) is 0. The number of hydrogen-bond acceptors (Lipinski definition) is 5. The highest BCUT2D eigenvalue weighted by molar-refractivity contribution is 7.13. The summed E-state index contributed by atoms with van der Waals surface area (Å²) in [6.45, 7) is 4.35. The molecular formula is C26H33NO4S. The molecule has 0 saturated carbocycles. The molecule has 1 N–H and O–H groups in total. The van der Waals surface area contributed by atoms with Crippen LogP contribution in [0.4, 0.5) is 0 Å². The highest BCUT2D eigenvalue weighted by atomic mass is 32.1. The normalized spacial score (nSPS) is 17.8. The van der Waals surface area contributed by atoms with E-state index >= 15 is 0 Å². The van der Waals surface area contributed by atoms with Crippen LogP contribution in [0.25, 0.3) is 0 Å². The summed E-state index contributed by atoms with van der Waals surface area (Å²) in [6, 6.07) is 13.7. The van der Waals surface area contributed by atoms with Crippen LogP contribution in [0.15, 0.2) is 54.6 Å². The number of thiophene rings is 1. The largest absolute Gasteiger partial charge is 0.459 e. The van der Waals surface area contributed by atoms with Crippen molar-refractivity contribution in [1.29, 1.82) is 0 Å². The molecule has 1 fully saturated rings. The number of aliphatic hydroxyl groups is 1. The Morgan fingerprint density at radius 1 is 1.25 bits per heavy atom. The molecule has 6 heteroatoms. The molecule has 5 nitrogen and oxygen atoms in total. The van der Waals surface area contributed by atoms with Gasteiger partial charge in [0, 0.05) is 24.3 Å². The summed E-state index contributed by atoms with van der Waals surface area (Å²) in [5.41, 5.74) is 1.09. The van der Waals surface area contributed by atoms with E-state index in [1.165, 1.54) is 11.3 Å². The van der Waals surface area contributed by atoms with E-state index in [0.717, 1.165) is 36.1 Å². The van der Waals surface area contributed by atoms with Crippen LogP contribution >= 0.6 is 11.3 Å². The lowest BCUT2D eigenvalue weighted by atomic mass is 9.99. The highest BCUT2D eigenvalue weighted by Gasteiger charge is 2.26. The Kier molecular flexibility index (Phi) is 9.06. The van der Waals surface area contributed by atoms with Crippen LogP contribution in [0.1, 0.15) is 59.6 Å². The average Bonchev–Trinajstić information content (AvgIpc) is 3.23. The lowest BCUT2D eigenvalue weighted by Gasteiger charge is -2.34. The fourth-order valence-electron chi connectivity index (χ4n) is 3.94. The van der Waals surface area contributed by atoms with E-state index in [0.29, 0.717) is 24.3 Å². The number of likely N-dealkylation sites (tertiary alicyclic amines) is 1. The second-order valence-corrected chi connectivity index (χ2v) is 9.68. The third-order valence-corrected chi connectivity index (χ3v) is 6.61. The van der Waals surface area contributed by atoms with Gasteiger partial charge in [0.2, 0.25) is 5.91 Å². The summed E-state index contributed by atoms with van der Waals surface area (Å²) in [4.78, 5) is 28.3. The number of rotatable bonds is 10. The molecule has 2 atom stereocenters. The molecule has 1 aromatic heterocycles. The summed E-state index contributed by atoms with van der Waals surface area (Å²) >= 11 is 1.46. The number of ether oxygens (including phenoxy) is 1. The summed E-state index contributed by atoms with van der Waals surface area (Å²) in [5.74, 6) is -0.0995. The molecule has 0 aliphatic carbocycles. The first-order valence-electron chi connectivity index (χ1n) is 11.4. The van der Waals surface area contributed by atoms with Gasteiger partial charge in [0.1, 0.15) is 4.88 Å². The fourth-order valence-corrected chi connectivity index (χ4v) is 4.87. The van der Waals surface area contributed by atoms with Gasteiger partial charge in [0.15, 0.2) is 0 Å². The number of aliphatic hydroxyl groups excluding tert-OH is 1. The predicted molar refractivity (Wildman–Crippen MR) is 128 cm³/mol. The lowest BCUT2D eigenvalue weighted by molar-refractivity contribution is -0.135. The standard InChI is InChI=1S/C26H33NO4S/c1-19(2)31-26(30)24-16-15-23(32-24)11-7-17-27-21(10-6-12-25(27)29)13-14-22(28)18-20-8-4-3-5-9-20/h3-5,8-9,13-16,19,21-22,28H,6-7,10-12,17-18H2,1-2H3/b14-13+/t21-,22-/m1/s1. The number of hydrogen-bond donors (Lipinski definition) is 1. The molecule has 1 amide bonds. The molecule has 0 radical (unpaired) electrons. The maximum atomic E-state index is 12.5. The van der Waals surface area contributed by atoms with Crippen LogP contribution in [-0.2, 0) is 22.4 Å². The second kappa shape index (κ2) is 12.0. The molecule has 172 valence electrons. The number of benzene rings is 1. The third kappa shape index (κ3) is 7.31. The number of carbonyl (C=O) groups is 2. The summed E-state index contributed by atoms with van der Waals surface area (Å²) in [6.07, 6.45) is 7.74. The van der Waals surface area contributed by atoms with E-state index in [-0.39, 0.29) is 24.0 Å². The van der Waals surface area contributed by atoms with Crippen LogP contribution in [0.5, 0.6) is 0 Å². The van der Waals surface area contributed by atoms with Crippen molar-refractivity contribution in [3.8, 4) is 0 Å². The Morgan fingerprint density at radius 3 is 2.78 bits per heavy atom. The maximum Gasteiger partial charge on any atom is 0.348 e. The lowest BCUT2D eigenvalue weighted by Crippen LogP contribution is -2.43. The molecule has 0 spiro atoms. The van der Waals surface area contributed by atoms with Crippen molar-refractivity contribution in [3.63, 3.8) is 0 Å². The maximum absolute atomic E-state index is 12.5. The van der Waals surface area contributed by atoms with Gasteiger partial charge in [-0.2, -0.15) is 0 Å². The van der Waals surface area contributed by atoms with Gasteiger partial charge in [-0.3, -0.25) is 4.79 Å². The zero-order valence-electron chi connectivity index (χ0n) is 18.9. The van der Waals surface area contributed by atoms with Crippen molar-refractivity contribution in [2.75, 3.05) is 6.54 Å². The topological polar surface area (TPSA) is 66.8 Å². The third-order valence-electron chi connectivity index (χ3n) is 5.48. The second-order valence-electron chi connectivity index (χ2n) is 8.51. The minimum Gasteiger partial charge on any atom is -0.459 e. The number of carbonyl (C=O) groups excluding carboxylic acids is 2. The molecule has 0 unspecified atom stereocenters. The van der Waals surface area contributed by atoms with E-state index < -0.39 is 6.10 Å². The zero-order chi connectivity index (χ0) is 22.9. The van der Waals surface area contributed by atoms with Gasteiger partial charge in [-0.15, -0.1) is 11.3 Å². The number of aryl methyl sites for hydroxylation is 1. The van der Waals surface area contributed by atoms with E-state index in [9.17, 15) is 14.7 Å². The van der Waals surface area contributed by atoms with Crippen molar-refractivity contribution in [1.82, 2.24) is 4.90 Å². The van der Waals surface area contributed by atoms with Crippen molar-refractivity contribution < 1.29 is 19.4 Å². The van der Waals surface area contributed by atoms with Gasteiger partial charge >= 0.3 is 5.97 Å². The van der Waals surface area contributed by atoms with E-state index in [1.807, 2.05) is 73.4 Å². The molecule has 0 bridgehead atoms. The van der Waals surface area contributed by atoms with Gasteiger partial charge in [-0.05, 0) is 57.2 Å². The molecule has 1 aromatic carbocycles. The van der Waals surface area contributed by atoms with Gasteiger partial charge in [0.25, 0.3) is 0 Å². The number of nitrogens with zero attached hydrogens (tertiary/aromatic N) is 1. The van der Waals surface area contributed by atoms with Crippen LogP contribution in [0, 0.1) is 0 Å². The van der Waals surface area contributed by atoms with Crippen LogP contribution < -0.4 is 0 Å².